The SMILES string of the molecule is CCCNC(CCc1ccccc1)C1CCS(=O)(=O)C1. The number of hydrogen-bond donors (Lipinski definition) is 1. The Morgan fingerprint density at radius 1 is 1.30 bits per heavy atom. The van der Waals surface area contributed by atoms with Gasteiger partial charge in [0.2, 0.25) is 0 Å². The molecule has 3 nitrogen and oxygen atoms in total. The van der Waals surface area contributed by atoms with Gasteiger partial charge in [0.1, 0.15) is 0 Å². The summed E-state index contributed by atoms with van der Waals surface area (Å²) in [6.45, 7) is 3.11. The molecule has 1 aliphatic rings. The average molecular weight is 295 g/mol. The van der Waals surface area contributed by atoms with Crippen LogP contribution in [-0.4, -0.2) is 32.5 Å². The highest BCUT2D eigenvalue weighted by molar-refractivity contribution is 7.91. The molecular formula is C16H25NO2S. The second-order valence-corrected chi connectivity index (χ2v) is 7.98. The quantitative estimate of drug-likeness (QED) is 0.840. The first-order valence-corrected chi connectivity index (χ1v) is 9.40. The summed E-state index contributed by atoms with van der Waals surface area (Å²) in [6.07, 6.45) is 3.93. The molecular weight excluding hydrogens is 270 g/mol. The summed E-state index contributed by atoms with van der Waals surface area (Å²) in [5.41, 5.74) is 1.33. The summed E-state index contributed by atoms with van der Waals surface area (Å²) >= 11 is 0. The minimum Gasteiger partial charge on any atom is -0.314 e. The molecule has 0 spiro atoms. The van der Waals surface area contributed by atoms with Crippen molar-refractivity contribution in [1.82, 2.24) is 5.32 Å². The zero-order chi connectivity index (χ0) is 14.4. The van der Waals surface area contributed by atoms with Crippen molar-refractivity contribution >= 4 is 9.84 Å². The van der Waals surface area contributed by atoms with Crippen LogP contribution in [0.5, 0.6) is 0 Å². The third-order valence-corrected chi connectivity index (χ3v) is 5.87. The third kappa shape index (κ3) is 4.60. The van der Waals surface area contributed by atoms with Crippen LogP contribution in [0.15, 0.2) is 30.3 Å². The molecule has 1 heterocycles. The molecule has 2 atom stereocenters. The van der Waals surface area contributed by atoms with E-state index in [2.05, 4.69) is 36.5 Å². The van der Waals surface area contributed by atoms with Gasteiger partial charge in [-0.05, 0) is 43.7 Å². The van der Waals surface area contributed by atoms with Crippen LogP contribution in [0.2, 0.25) is 0 Å². The largest absolute Gasteiger partial charge is 0.314 e. The standard InChI is InChI=1S/C16H25NO2S/c1-2-11-17-16(15-10-12-20(18,19)13-15)9-8-14-6-4-3-5-7-14/h3-7,15-17H,2,8-13H2,1H3. The second-order valence-electron chi connectivity index (χ2n) is 5.75. The number of sulfone groups is 1. The van der Waals surface area contributed by atoms with E-state index in [1.807, 2.05) is 6.07 Å². The Kier molecular flexibility index (Phi) is 5.61. The molecule has 4 heteroatoms. The minimum absolute atomic E-state index is 0.287. The summed E-state index contributed by atoms with van der Waals surface area (Å²) in [5.74, 6) is 1.02. The monoisotopic (exact) mass is 295 g/mol. The normalized spacial score (nSPS) is 22.8. The molecule has 1 fully saturated rings. The highest BCUT2D eigenvalue weighted by atomic mass is 32.2. The lowest BCUT2D eigenvalue weighted by Crippen LogP contribution is -2.37. The number of rotatable bonds is 7. The molecule has 1 aliphatic heterocycles. The first-order chi connectivity index (χ1) is 9.61. The number of hydrogen-bond acceptors (Lipinski definition) is 3. The molecule has 112 valence electrons. The fraction of sp³-hybridized carbons (Fsp3) is 0.625. The van der Waals surface area contributed by atoms with Crippen LogP contribution in [0.3, 0.4) is 0 Å². The van der Waals surface area contributed by atoms with Crippen LogP contribution >= 0.6 is 0 Å². The summed E-state index contributed by atoms with van der Waals surface area (Å²) in [6, 6.07) is 10.8. The van der Waals surface area contributed by atoms with Gasteiger partial charge >= 0.3 is 0 Å². The van der Waals surface area contributed by atoms with Gasteiger partial charge in [-0.3, -0.25) is 0 Å². The molecule has 0 aliphatic carbocycles. The molecule has 1 aromatic carbocycles. The van der Waals surface area contributed by atoms with Crippen molar-refractivity contribution in [3.05, 3.63) is 35.9 Å². The van der Waals surface area contributed by atoms with Gasteiger partial charge in [-0.1, -0.05) is 37.3 Å². The summed E-state index contributed by atoms with van der Waals surface area (Å²) in [5, 5.41) is 3.55. The van der Waals surface area contributed by atoms with Crippen LogP contribution in [-0.2, 0) is 16.3 Å². The molecule has 0 aromatic heterocycles. The van der Waals surface area contributed by atoms with Gasteiger partial charge in [0, 0.05) is 6.04 Å². The molecule has 0 saturated carbocycles. The van der Waals surface area contributed by atoms with Gasteiger partial charge in [-0.2, -0.15) is 0 Å². The summed E-state index contributed by atoms with van der Waals surface area (Å²) in [4.78, 5) is 0. The Balaban J connectivity index is 1.93. The van der Waals surface area contributed by atoms with E-state index in [4.69, 9.17) is 0 Å². The first-order valence-electron chi connectivity index (χ1n) is 7.58. The highest BCUT2D eigenvalue weighted by Gasteiger charge is 2.33. The van der Waals surface area contributed by atoms with E-state index in [0.717, 1.165) is 32.2 Å². The Hall–Kier alpha value is -0.870. The van der Waals surface area contributed by atoms with Crippen LogP contribution < -0.4 is 5.32 Å². The zero-order valence-corrected chi connectivity index (χ0v) is 13.0. The van der Waals surface area contributed by atoms with Crippen molar-refractivity contribution in [3.8, 4) is 0 Å². The maximum Gasteiger partial charge on any atom is 0.150 e. The summed E-state index contributed by atoms with van der Waals surface area (Å²) in [7, 11) is -2.79. The van der Waals surface area contributed by atoms with E-state index >= 15 is 0 Å². The maximum atomic E-state index is 11.7. The van der Waals surface area contributed by atoms with Gasteiger partial charge in [-0.25, -0.2) is 8.42 Å². The lowest BCUT2D eigenvalue weighted by Gasteiger charge is -2.24. The van der Waals surface area contributed by atoms with Crippen LogP contribution in [0.1, 0.15) is 31.7 Å². The van der Waals surface area contributed by atoms with Gasteiger partial charge in [0.15, 0.2) is 9.84 Å². The minimum atomic E-state index is -2.79. The molecule has 0 amide bonds. The van der Waals surface area contributed by atoms with Gasteiger partial charge in [0.05, 0.1) is 11.5 Å². The van der Waals surface area contributed by atoms with E-state index in [1.165, 1.54) is 5.56 Å². The molecule has 2 unspecified atom stereocenters. The van der Waals surface area contributed by atoms with E-state index in [-0.39, 0.29) is 5.92 Å². The Labute approximate surface area is 122 Å². The van der Waals surface area contributed by atoms with E-state index < -0.39 is 9.84 Å². The molecule has 0 radical (unpaired) electrons. The topological polar surface area (TPSA) is 46.2 Å². The fourth-order valence-electron chi connectivity index (χ4n) is 2.94. The molecule has 1 saturated heterocycles. The third-order valence-electron chi connectivity index (χ3n) is 4.08. The molecule has 20 heavy (non-hydrogen) atoms. The zero-order valence-electron chi connectivity index (χ0n) is 12.2. The second kappa shape index (κ2) is 7.23. The number of benzene rings is 1. The molecule has 0 bridgehead atoms. The van der Waals surface area contributed by atoms with Gasteiger partial charge in [0.25, 0.3) is 0 Å². The fourth-order valence-corrected chi connectivity index (χ4v) is 4.82. The van der Waals surface area contributed by atoms with E-state index in [1.54, 1.807) is 0 Å². The smallest absolute Gasteiger partial charge is 0.150 e. The van der Waals surface area contributed by atoms with Crippen molar-refractivity contribution < 1.29 is 8.42 Å². The molecule has 2 rings (SSSR count). The van der Waals surface area contributed by atoms with Crippen LogP contribution in [0.25, 0.3) is 0 Å². The molecule has 1 aromatic rings. The van der Waals surface area contributed by atoms with Crippen molar-refractivity contribution in [2.75, 3.05) is 18.1 Å². The number of nitrogens with one attached hydrogen (secondary N) is 1. The average Bonchev–Trinajstić information content (AvgIpc) is 2.80. The van der Waals surface area contributed by atoms with Crippen LogP contribution in [0, 0.1) is 5.92 Å². The van der Waals surface area contributed by atoms with Gasteiger partial charge in [-0.15, -0.1) is 0 Å². The summed E-state index contributed by atoms with van der Waals surface area (Å²) < 4.78 is 23.3. The maximum absolute atomic E-state index is 11.7. The predicted octanol–water partition coefficient (Wildman–Crippen LogP) is 2.42. The predicted molar refractivity (Wildman–Crippen MR) is 83.6 cm³/mol. The lowest BCUT2D eigenvalue weighted by atomic mass is 9.93. The Morgan fingerprint density at radius 3 is 2.65 bits per heavy atom. The van der Waals surface area contributed by atoms with Gasteiger partial charge < -0.3 is 5.32 Å². The highest BCUT2D eigenvalue weighted by Crippen LogP contribution is 2.24. The van der Waals surface area contributed by atoms with Crippen molar-refractivity contribution in [2.24, 2.45) is 5.92 Å². The van der Waals surface area contributed by atoms with Crippen molar-refractivity contribution in [2.45, 2.75) is 38.6 Å². The van der Waals surface area contributed by atoms with Crippen molar-refractivity contribution in [3.63, 3.8) is 0 Å². The lowest BCUT2D eigenvalue weighted by molar-refractivity contribution is 0.362. The first kappa shape index (κ1) is 15.5. The Morgan fingerprint density at radius 2 is 2.05 bits per heavy atom. The Bertz CT molecular complexity index is 498. The molecule has 1 N–H and O–H groups in total. The number of aryl methyl sites for hydroxylation is 1. The van der Waals surface area contributed by atoms with E-state index in [0.29, 0.717) is 17.5 Å². The van der Waals surface area contributed by atoms with Crippen LogP contribution in [0.4, 0.5) is 0 Å². The van der Waals surface area contributed by atoms with E-state index in [9.17, 15) is 8.42 Å². The van der Waals surface area contributed by atoms with Crippen molar-refractivity contribution in [1.29, 1.82) is 0 Å².